The molecule has 0 saturated heterocycles. The molecule has 14 heavy (non-hydrogen) atoms. The van der Waals surface area contributed by atoms with Crippen molar-refractivity contribution in [3.8, 4) is 23.8 Å². The maximum absolute atomic E-state index is 5.43. The molecule has 2 rings (SSSR count). The lowest BCUT2D eigenvalue weighted by Crippen LogP contribution is -2.01. The normalized spacial score (nSPS) is 12.5. The van der Waals surface area contributed by atoms with Crippen molar-refractivity contribution in [1.82, 2.24) is 0 Å². The lowest BCUT2D eigenvalue weighted by molar-refractivity contribution is 0.345. The van der Waals surface area contributed by atoms with Crippen LogP contribution in [0.2, 0.25) is 0 Å². The topological polar surface area (TPSA) is 18.5 Å². The fraction of sp³-hybridized carbons (Fsp3) is 0.167. The quantitative estimate of drug-likeness (QED) is 0.658. The van der Waals surface area contributed by atoms with E-state index < -0.39 is 0 Å². The van der Waals surface area contributed by atoms with Crippen LogP contribution in [-0.4, -0.2) is 13.2 Å². The summed E-state index contributed by atoms with van der Waals surface area (Å²) in [4.78, 5) is 0. The highest BCUT2D eigenvalue weighted by molar-refractivity contribution is 5.60. The predicted molar refractivity (Wildman–Crippen MR) is 55.3 cm³/mol. The number of hydrogen-bond acceptors (Lipinski definition) is 2. The van der Waals surface area contributed by atoms with Gasteiger partial charge < -0.3 is 9.47 Å². The first kappa shape index (κ1) is 8.71. The summed E-state index contributed by atoms with van der Waals surface area (Å²) in [5, 5.41) is 0. The Morgan fingerprint density at radius 1 is 1.50 bits per heavy atom. The van der Waals surface area contributed by atoms with Gasteiger partial charge in [0.05, 0.1) is 0 Å². The standard InChI is InChI=1S/C12H10O2/c1-2-7-13-11-6-5-10-4-3-8-14-12(10)9-11/h1,3-6,9H,7-8H2. The average Bonchev–Trinajstić information content (AvgIpc) is 2.26. The molecule has 0 bridgehead atoms. The van der Waals surface area contributed by atoms with Gasteiger partial charge in [0.25, 0.3) is 0 Å². The first-order chi connectivity index (χ1) is 6.90. The highest BCUT2D eigenvalue weighted by Crippen LogP contribution is 2.28. The van der Waals surface area contributed by atoms with Gasteiger partial charge in [-0.05, 0) is 18.2 Å². The molecular formula is C12H10O2. The van der Waals surface area contributed by atoms with Crippen molar-refractivity contribution in [2.24, 2.45) is 0 Å². The van der Waals surface area contributed by atoms with Crippen molar-refractivity contribution in [2.75, 3.05) is 13.2 Å². The van der Waals surface area contributed by atoms with Crippen LogP contribution in [-0.2, 0) is 0 Å². The van der Waals surface area contributed by atoms with Crippen molar-refractivity contribution in [3.63, 3.8) is 0 Å². The summed E-state index contributed by atoms with van der Waals surface area (Å²) in [5.74, 6) is 4.02. The zero-order chi connectivity index (χ0) is 9.80. The van der Waals surface area contributed by atoms with Gasteiger partial charge in [-0.25, -0.2) is 0 Å². The van der Waals surface area contributed by atoms with Crippen molar-refractivity contribution in [1.29, 1.82) is 0 Å². The van der Waals surface area contributed by atoms with Gasteiger partial charge in [0.2, 0.25) is 0 Å². The van der Waals surface area contributed by atoms with Gasteiger partial charge in [0.1, 0.15) is 24.7 Å². The van der Waals surface area contributed by atoms with E-state index in [9.17, 15) is 0 Å². The van der Waals surface area contributed by atoms with Gasteiger partial charge >= 0.3 is 0 Å². The SMILES string of the molecule is C#CCOc1ccc2c(c1)OCC=C2. The van der Waals surface area contributed by atoms with E-state index in [1.165, 1.54) is 0 Å². The molecule has 0 atom stereocenters. The summed E-state index contributed by atoms with van der Waals surface area (Å²) >= 11 is 0. The van der Waals surface area contributed by atoms with Crippen LogP contribution in [0.3, 0.4) is 0 Å². The highest BCUT2D eigenvalue weighted by Gasteiger charge is 2.06. The zero-order valence-electron chi connectivity index (χ0n) is 7.69. The second-order valence-corrected chi connectivity index (χ2v) is 2.91. The van der Waals surface area contributed by atoms with Crippen LogP contribution in [0.15, 0.2) is 24.3 Å². The summed E-state index contributed by atoms with van der Waals surface area (Å²) in [6, 6.07) is 5.70. The third-order valence-corrected chi connectivity index (χ3v) is 1.94. The van der Waals surface area contributed by atoms with Crippen LogP contribution in [0.1, 0.15) is 5.56 Å². The van der Waals surface area contributed by atoms with Crippen molar-refractivity contribution < 1.29 is 9.47 Å². The molecule has 0 spiro atoms. The molecule has 1 aromatic carbocycles. The number of benzene rings is 1. The summed E-state index contributed by atoms with van der Waals surface area (Å²) in [5.41, 5.74) is 1.07. The van der Waals surface area contributed by atoms with E-state index in [-0.39, 0.29) is 6.61 Å². The van der Waals surface area contributed by atoms with E-state index in [0.29, 0.717) is 6.61 Å². The van der Waals surface area contributed by atoms with Gasteiger partial charge in [0.15, 0.2) is 0 Å². The molecule has 2 nitrogen and oxygen atoms in total. The maximum atomic E-state index is 5.43. The second kappa shape index (κ2) is 3.89. The summed E-state index contributed by atoms with van der Waals surface area (Å²) in [7, 11) is 0. The minimum atomic E-state index is 0.286. The maximum Gasteiger partial charge on any atom is 0.148 e. The molecule has 0 fully saturated rings. The fourth-order valence-corrected chi connectivity index (χ4v) is 1.31. The number of hydrogen-bond donors (Lipinski definition) is 0. The first-order valence-electron chi connectivity index (χ1n) is 4.40. The van der Waals surface area contributed by atoms with Crippen LogP contribution < -0.4 is 9.47 Å². The zero-order valence-corrected chi connectivity index (χ0v) is 7.69. The minimum Gasteiger partial charge on any atom is -0.489 e. The number of fused-ring (bicyclic) bond motifs is 1. The molecule has 70 valence electrons. The highest BCUT2D eigenvalue weighted by atomic mass is 16.5. The number of terminal acetylenes is 1. The van der Waals surface area contributed by atoms with E-state index >= 15 is 0 Å². The van der Waals surface area contributed by atoms with Gasteiger partial charge in [-0.1, -0.05) is 12.0 Å². The average molecular weight is 186 g/mol. The molecule has 0 amide bonds. The van der Waals surface area contributed by atoms with Gasteiger partial charge in [-0.15, -0.1) is 6.42 Å². The molecule has 0 unspecified atom stereocenters. The van der Waals surface area contributed by atoms with E-state index in [0.717, 1.165) is 17.1 Å². The summed E-state index contributed by atoms with van der Waals surface area (Å²) < 4.78 is 10.7. The molecule has 0 saturated carbocycles. The first-order valence-corrected chi connectivity index (χ1v) is 4.40. The Hall–Kier alpha value is -1.88. The molecule has 0 radical (unpaired) electrons. The van der Waals surface area contributed by atoms with Crippen LogP contribution >= 0.6 is 0 Å². The molecule has 1 aromatic rings. The second-order valence-electron chi connectivity index (χ2n) is 2.91. The molecule has 1 aliphatic rings. The van der Waals surface area contributed by atoms with Gasteiger partial charge in [0, 0.05) is 11.6 Å². The minimum absolute atomic E-state index is 0.286. The monoisotopic (exact) mass is 186 g/mol. The van der Waals surface area contributed by atoms with Crippen molar-refractivity contribution >= 4 is 6.08 Å². The molecular weight excluding hydrogens is 176 g/mol. The summed E-state index contributed by atoms with van der Waals surface area (Å²) in [6.45, 7) is 0.903. The van der Waals surface area contributed by atoms with Crippen LogP contribution in [0.5, 0.6) is 11.5 Å². The van der Waals surface area contributed by atoms with Crippen molar-refractivity contribution in [2.45, 2.75) is 0 Å². The molecule has 2 heteroatoms. The van der Waals surface area contributed by atoms with Crippen LogP contribution in [0, 0.1) is 12.3 Å². The van der Waals surface area contributed by atoms with E-state index in [4.69, 9.17) is 15.9 Å². The molecule has 0 aliphatic carbocycles. The summed E-state index contributed by atoms with van der Waals surface area (Å²) in [6.07, 6.45) is 9.10. The molecule has 1 heterocycles. The van der Waals surface area contributed by atoms with Gasteiger partial charge in [-0.3, -0.25) is 0 Å². The molecule has 1 aliphatic heterocycles. The Kier molecular flexibility index (Phi) is 2.42. The van der Waals surface area contributed by atoms with Crippen LogP contribution in [0.25, 0.3) is 6.08 Å². The number of ether oxygens (including phenoxy) is 2. The number of rotatable bonds is 2. The van der Waals surface area contributed by atoms with Crippen molar-refractivity contribution in [3.05, 3.63) is 29.8 Å². The fourth-order valence-electron chi connectivity index (χ4n) is 1.31. The smallest absolute Gasteiger partial charge is 0.148 e. The Balaban J connectivity index is 2.22. The molecule has 0 N–H and O–H groups in total. The lowest BCUT2D eigenvalue weighted by Gasteiger charge is -2.13. The van der Waals surface area contributed by atoms with Gasteiger partial charge in [-0.2, -0.15) is 0 Å². The largest absolute Gasteiger partial charge is 0.489 e. The third kappa shape index (κ3) is 1.72. The molecule has 0 aromatic heterocycles. The van der Waals surface area contributed by atoms with Crippen LogP contribution in [0.4, 0.5) is 0 Å². The Morgan fingerprint density at radius 3 is 3.29 bits per heavy atom. The predicted octanol–water partition coefficient (Wildman–Crippen LogP) is 2.10. The van der Waals surface area contributed by atoms with E-state index in [2.05, 4.69) is 5.92 Å². The lowest BCUT2D eigenvalue weighted by atomic mass is 10.1. The Bertz CT molecular complexity index is 399. The Labute approximate surface area is 83.2 Å². The van der Waals surface area contributed by atoms with E-state index in [1.54, 1.807) is 0 Å². The third-order valence-electron chi connectivity index (χ3n) is 1.94. The Morgan fingerprint density at radius 2 is 2.43 bits per heavy atom. The van der Waals surface area contributed by atoms with E-state index in [1.807, 2.05) is 30.4 Å².